The number of aromatic nitrogens is 1. The van der Waals surface area contributed by atoms with Crippen molar-refractivity contribution >= 4 is 5.97 Å². The second-order valence-electron chi connectivity index (χ2n) is 4.32. The van der Waals surface area contributed by atoms with Crippen LogP contribution in [0.5, 0.6) is 0 Å². The molecule has 0 aliphatic heterocycles. The van der Waals surface area contributed by atoms with Gasteiger partial charge in [-0.2, -0.15) is 0 Å². The van der Waals surface area contributed by atoms with Crippen molar-refractivity contribution in [2.75, 3.05) is 7.11 Å². The number of nitrogens with zero attached hydrogens (tertiary/aromatic N) is 1. The molecule has 88 valence electrons. The highest BCUT2D eigenvalue weighted by Gasteiger charge is 2.37. The van der Waals surface area contributed by atoms with Gasteiger partial charge in [-0.25, -0.2) is 4.79 Å². The summed E-state index contributed by atoms with van der Waals surface area (Å²) in [5.74, 6) is -0.643. The van der Waals surface area contributed by atoms with Crippen LogP contribution >= 0.6 is 0 Å². The van der Waals surface area contributed by atoms with Crippen LogP contribution in [0.2, 0.25) is 0 Å². The summed E-state index contributed by atoms with van der Waals surface area (Å²) >= 11 is 0. The van der Waals surface area contributed by atoms with Crippen molar-refractivity contribution in [3.8, 4) is 0 Å². The molecule has 0 saturated carbocycles. The van der Waals surface area contributed by atoms with Crippen LogP contribution in [0, 0.1) is 6.92 Å². The van der Waals surface area contributed by atoms with Gasteiger partial charge in [0.15, 0.2) is 6.10 Å². The predicted molar refractivity (Wildman–Crippen MR) is 60.0 cm³/mol. The summed E-state index contributed by atoms with van der Waals surface area (Å²) in [6.45, 7) is 5.43. The highest BCUT2D eigenvalue weighted by Crippen LogP contribution is 2.28. The SMILES string of the molecule is COC(=O)C(O)C(C)(C)c1ncccc1C. The van der Waals surface area contributed by atoms with Crippen molar-refractivity contribution in [1.29, 1.82) is 0 Å². The number of aliphatic hydroxyl groups is 1. The van der Waals surface area contributed by atoms with Gasteiger partial charge in [0.1, 0.15) is 0 Å². The summed E-state index contributed by atoms with van der Waals surface area (Å²) in [6, 6.07) is 3.72. The number of aliphatic hydroxyl groups excluding tert-OH is 1. The summed E-state index contributed by atoms with van der Waals surface area (Å²) in [6.07, 6.45) is 0.430. The van der Waals surface area contributed by atoms with E-state index in [1.165, 1.54) is 7.11 Å². The zero-order valence-corrected chi connectivity index (χ0v) is 10.0. The van der Waals surface area contributed by atoms with E-state index in [2.05, 4.69) is 9.72 Å². The van der Waals surface area contributed by atoms with Gasteiger partial charge in [-0.15, -0.1) is 0 Å². The van der Waals surface area contributed by atoms with Crippen molar-refractivity contribution in [3.63, 3.8) is 0 Å². The lowest BCUT2D eigenvalue weighted by molar-refractivity contribution is -0.154. The summed E-state index contributed by atoms with van der Waals surface area (Å²) in [4.78, 5) is 15.6. The fourth-order valence-corrected chi connectivity index (χ4v) is 1.70. The minimum atomic E-state index is -1.22. The molecule has 1 heterocycles. The Kier molecular flexibility index (Phi) is 3.65. The molecule has 4 nitrogen and oxygen atoms in total. The standard InChI is InChI=1S/C12H17NO3/c1-8-6-5-7-13-9(8)12(2,3)10(14)11(15)16-4/h5-7,10,14H,1-4H3. The van der Waals surface area contributed by atoms with E-state index in [1.54, 1.807) is 20.0 Å². The Labute approximate surface area is 95.3 Å². The molecule has 0 fully saturated rings. The molecule has 0 bridgehead atoms. The first-order chi connectivity index (χ1) is 7.41. The molecular formula is C12H17NO3. The Morgan fingerprint density at radius 2 is 2.19 bits per heavy atom. The van der Waals surface area contributed by atoms with Crippen molar-refractivity contribution in [1.82, 2.24) is 4.98 Å². The lowest BCUT2D eigenvalue weighted by atomic mass is 9.81. The molecular weight excluding hydrogens is 206 g/mol. The lowest BCUT2D eigenvalue weighted by Gasteiger charge is -2.29. The molecule has 0 aliphatic carbocycles. The fraction of sp³-hybridized carbons (Fsp3) is 0.500. The first kappa shape index (κ1) is 12.6. The normalized spacial score (nSPS) is 13.3. The van der Waals surface area contributed by atoms with Crippen molar-refractivity contribution < 1.29 is 14.6 Å². The third-order valence-electron chi connectivity index (χ3n) is 2.73. The molecule has 0 spiro atoms. The van der Waals surface area contributed by atoms with E-state index in [4.69, 9.17) is 0 Å². The maximum Gasteiger partial charge on any atom is 0.335 e. The van der Waals surface area contributed by atoms with Gasteiger partial charge in [0.2, 0.25) is 0 Å². The van der Waals surface area contributed by atoms with Gasteiger partial charge in [-0.05, 0) is 18.6 Å². The quantitative estimate of drug-likeness (QED) is 0.782. The van der Waals surface area contributed by atoms with Gasteiger partial charge in [0.05, 0.1) is 12.8 Å². The summed E-state index contributed by atoms with van der Waals surface area (Å²) in [7, 11) is 1.26. The average molecular weight is 223 g/mol. The molecule has 0 aromatic carbocycles. The Bertz CT molecular complexity index is 388. The van der Waals surface area contributed by atoms with Crippen molar-refractivity contribution in [2.45, 2.75) is 32.3 Å². The van der Waals surface area contributed by atoms with Gasteiger partial charge >= 0.3 is 5.97 Å². The van der Waals surface area contributed by atoms with E-state index in [0.29, 0.717) is 5.69 Å². The predicted octanol–water partition coefficient (Wildman–Crippen LogP) is 1.20. The first-order valence-electron chi connectivity index (χ1n) is 5.09. The number of aryl methyl sites for hydroxylation is 1. The van der Waals surface area contributed by atoms with E-state index in [0.717, 1.165) is 5.56 Å². The van der Waals surface area contributed by atoms with E-state index < -0.39 is 17.5 Å². The number of rotatable bonds is 3. The molecule has 0 radical (unpaired) electrons. The molecule has 16 heavy (non-hydrogen) atoms. The Morgan fingerprint density at radius 1 is 1.56 bits per heavy atom. The number of hydrogen-bond acceptors (Lipinski definition) is 4. The molecule has 0 amide bonds. The summed E-state index contributed by atoms with van der Waals surface area (Å²) in [5.41, 5.74) is 0.877. The van der Waals surface area contributed by atoms with E-state index in [1.807, 2.05) is 19.1 Å². The molecule has 1 aromatic heterocycles. The number of methoxy groups -OCH3 is 1. The van der Waals surface area contributed by atoms with Gasteiger partial charge in [0.25, 0.3) is 0 Å². The molecule has 4 heteroatoms. The highest BCUT2D eigenvalue weighted by atomic mass is 16.5. The van der Waals surface area contributed by atoms with Crippen LogP contribution in [0.4, 0.5) is 0 Å². The first-order valence-corrected chi connectivity index (χ1v) is 5.09. The zero-order chi connectivity index (χ0) is 12.3. The fourth-order valence-electron chi connectivity index (χ4n) is 1.70. The number of ether oxygens (including phenoxy) is 1. The minimum Gasteiger partial charge on any atom is -0.467 e. The van der Waals surface area contributed by atoms with Crippen LogP contribution < -0.4 is 0 Å². The smallest absolute Gasteiger partial charge is 0.335 e. The molecule has 1 aromatic rings. The van der Waals surface area contributed by atoms with Gasteiger partial charge in [-0.1, -0.05) is 19.9 Å². The number of pyridine rings is 1. The average Bonchev–Trinajstić information content (AvgIpc) is 2.27. The number of esters is 1. The van der Waals surface area contributed by atoms with Gasteiger partial charge < -0.3 is 9.84 Å². The number of hydrogen-bond donors (Lipinski definition) is 1. The van der Waals surface area contributed by atoms with Crippen molar-refractivity contribution in [3.05, 3.63) is 29.6 Å². The summed E-state index contributed by atoms with van der Waals surface area (Å²) in [5, 5.41) is 9.91. The van der Waals surface area contributed by atoms with E-state index >= 15 is 0 Å². The minimum absolute atomic E-state index is 0.643. The van der Waals surface area contributed by atoms with Crippen molar-refractivity contribution in [2.24, 2.45) is 0 Å². The Hall–Kier alpha value is -1.42. The van der Waals surface area contributed by atoms with E-state index in [-0.39, 0.29) is 0 Å². The number of carbonyl (C=O) groups excluding carboxylic acids is 1. The largest absolute Gasteiger partial charge is 0.467 e. The van der Waals surface area contributed by atoms with Crippen LogP contribution in [0.3, 0.4) is 0 Å². The van der Waals surface area contributed by atoms with Gasteiger partial charge in [-0.3, -0.25) is 4.98 Å². The topological polar surface area (TPSA) is 59.4 Å². The van der Waals surface area contributed by atoms with Crippen LogP contribution in [-0.4, -0.2) is 29.3 Å². The monoisotopic (exact) mass is 223 g/mol. The highest BCUT2D eigenvalue weighted by molar-refractivity contribution is 5.76. The van der Waals surface area contributed by atoms with Crippen LogP contribution in [0.15, 0.2) is 18.3 Å². The molecule has 1 rings (SSSR count). The molecule has 0 saturated heterocycles. The Morgan fingerprint density at radius 3 is 2.69 bits per heavy atom. The molecule has 1 atom stereocenters. The molecule has 1 N–H and O–H groups in total. The number of carbonyl (C=O) groups is 1. The maximum absolute atomic E-state index is 11.3. The second-order valence-corrected chi connectivity index (χ2v) is 4.32. The second kappa shape index (κ2) is 4.61. The third-order valence-corrected chi connectivity index (χ3v) is 2.73. The Balaban J connectivity index is 3.11. The summed E-state index contributed by atoms with van der Waals surface area (Å²) < 4.78 is 4.54. The van der Waals surface area contributed by atoms with Crippen LogP contribution in [0.1, 0.15) is 25.1 Å². The third kappa shape index (κ3) is 2.22. The zero-order valence-electron chi connectivity index (χ0n) is 10.0. The lowest BCUT2D eigenvalue weighted by Crippen LogP contribution is -2.41. The van der Waals surface area contributed by atoms with Crippen LogP contribution in [0.25, 0.3) is 0 Å². The van der Waals surface area contributed by atoms with Crippen LogP contribution in [-0.2, 0) is 14.9 Å². The maximum atomic E-state index is 11.3. The molecule has 1 unspecified atom stereocenters. The van der Waals surface area contributed by atoms with E-state index in [9.17, 15) is 9.90 Å². The van der Waals surface area contributed by atoms with Gasteiger partial charge in [0, 0.05) is 11.6 Å². The molecule has 0 aliphatic rings.